The zero-order valence-corrected chi connectivity index (χ0v) is 8.91. The Morgan fingerprint density at radius 3 is 2.93 bits per heavy atom. The van der Waals surface area contributed by atoms with Crippen LogP contribution in [-0.4, -0.2) is 18.6 Å². The van der Waals surface area contributed by atoms with E-state index in [9.17, 15) is 4.79 Å². The fraction of sp³-hybridized carbons (Fsp3) is 0.333. The van der Waals surface area contributed by atoms with Crippen LogP contribution in [0.5, 0.6) is 5.75 Å². The molecule has 1 heterocycles. The fourth-order valence-electron chi connectivity index (χ4n) is 1.66. The first-order chi connectivity index (χ1) is 7.24. The zero-order valence-electron chi connectivity index (χ0n) is 8.91. The molecule has 0 aromatic heterocycles. The topological polar surface area (TPSA) is 38.7 Å². The van der Waals surface area contributed by atoms with Gasteiger partial charge in [-0.25, -0.2) is 0 Å². The summed E-state index contributed by atoms with van der Waals surface area (Å²) in [6.07, 6.45) is 1.28. The number of fused-ring (bicyclic) bond motifs is 1. The van der Waals surface area contributed by atoms with Gasteiger partial charge < -0.3 is 4.74 Å². The van der Waals surface area contributed by atoms with Gasteiger partial charge in [0, 0.05) is 23.8 Å². The molecule has 0 fully saturated rings. The van der Waals surface area contributed by atoms with Crippen molar-refractivity contribution in [2.24, 2.45) is 4.99 Å². The number of hydrogen-bond acceptors (Lipinski definition) is 3. The van der Waals surface area contributed by atoms with Crippen LogP contribution in [0.4, 0.5) is 5.69 Å². The first kappa shape index (κ1) is 9.90. The van der Waals surface area contributed by atoms with E-state index in [0.29, 0.717) is 12.0 Å². The van der Waals surface area contributed by atoms with Gasteiger partial charge in [-0.2, -0.15) is 0 Å². The summed E-state index contributed by atoms with van der Waals surface area (Å²) >= 11 is 0. The number of hydrogen-bond donors (Lipinski definition) is 0. The summed E-state index contributed by atoms with van der Waals surface area (Å²) in [6.45, 7) is 2.01. The minimum absolute atomic E-state index is 0.152. The second-order valence-corrected chi connectivity index (χ2v) is 3.51. The predicted molar refractivity (Wildman–Crippen MR) is 59.3 cm³/mol. The fourth-order valence-corrected chi connectivity index (χ4v) is 1.66. The maximum atomic E-state index is 11.7. The standard InChI is InChI=1S/C12H13NO2/c1-3-8-6-12(14)10-5-4-9(15-2)7-11(10)13-8/h4-5,7H,3,6H2,1-2H3. The maximum absolute atomic E-state index is 11.7. The molecule has 0 radical (unpaired) electrons. The maximum Gasteiger partial charge on any atom is 0.170 e. The lowest BCUT2D eigenvalue weighted by Crippen LogP contribution is -2.12. The number of Topliss-reactive ketones (excluding diaryl/α,β-unsaturated/α-hetero) is 1. The van der Waals surface area contributed by atoms with Gasteiger partial charge in [0.05, 0.1) is 12.8 Å². The molecule has 1 aromatic rings. The smallest absolute Gasteiger partial charge is 0.170 e. The van der Waals surface area contributed by atoms with Crippen LogP contribution >= 0.6 is 0 Å². The highest BCUT2D eigenvalue weighted by molar-refractivity contribution is 6.15. The lowest BCUT2D eigenvalue weighted by Gasteiger charge is -2.14. The van der Waals surface area contributed by atoms with E-state index in [2.05, 4.69) is 4.99 Å². The van der Waals surface area contributed by atoms with E-state index in [4.69, 9.17) is 4.74 Å². The Hall–Kier alpha value is -1.64. The number of methoxy groups -OCH3 is 1. The van der Waals surface area contributed by atoms with Gasteiger partial charge in [-0.1, -0.05) is 6.92 Å². The highest BCUT2D eigenvalue weighted by atomic mass is 16.5. The summed E-state index contributed by atoms with van der Waals surface area (Å²) in [6, 6.07) is 5.39. The number of ether oxygens (including phenoxy) is 1. The minimum Gasteiger partial charge on any atom is -0.497 e. The van der Waals surface area contributed by atoms with E-state index >= 15 is 0 Å². The van der Waals surface area contributed by atoms with Crippen LogP contribution in [0.1, 0.15) is 30.1 Å². The Balaban J connectivity index is 2.50. The third-order valence-electron chi connectivity index (χ3n) is 2.56. The third-order valence-corrected chi connectivity index (χ3v) is 2.56. The van der Waals surface area contributed by atoms with Crippen LogP contribution in [0.2, 0.25) is 0 Å². The number of rotatable bonds is 2. The molecule has 15 heavy (non-hydrogen) atoms. The van der Waals surface area contributed by atoms with E-state index in [-0.39, 0.29) is 5.78 Å². The molecule has 0 amide bonds. The van der Waals surface area contributed by atoms with Crippen molar-refractivity contribution in [3.63, 3.8) is 0 Å². The lowest BCUT2D eigenvalue weighted by molar-refractivity contribution is 0.0999. The van der Waals surface area contributed by atoms with Gasteiger partial charge in [0.1, 0.15) is 5.75 Å². The molecule has 0 bridgehead atoms. The normalized spacial score (nSPS) is 14.5. The van der Waals surface area contributed by atoms with Gasteiger partial charge in [0.2, 0.25) is 0 Å². The van der Waals surface area contributed by atoms with Gasteiger partial charge in [-0.3, -0.25) is 9.79 Å². The number of carbonyl (C=O) groups is 1. The molecule has 1 aliphatic heterocycles. The summed E-state index contributed by atoms with van der Waals surface area (Å²) < 4.78 is 5.10. The van der Waals surface area contributed by atoms with Crippen LogP contribution < -0.4 is 4.74 Å². The molecule has 0 atom stereocenters. The third kappa shape index (κ3) is 1.77. The molecular formula is C12H13NO2. The van der Waals surface area contributed by atoms with Crippen LogP contribution in [-0.2, 0) is 0 Å². The Labute approximate surface area is 88.8 Å². The minimum atomic E-state index is 0.152. The van der Waals surface area contributed by atoms with Crippen LogP contribution in [0.25, 0.3) is 0 Å². The first-order valence-corrected chi connectivity index (χ1v) is 5.02. The Kier molecular flexibility index (Phi) is 2.54. The average Bonchev–Trinajstić information content (AvgIpc) is 2.28. The Morgan fingerprint density at radius 1 is 1.47 bits per heavy atom. The van der Waals surface area contributed by atoms with Crippen molar-refractivity contribution in [2.45, 2.75) is 19.8 Å². The molecule has 3 nitrogen and oxygen atoms in total. The van der Waals surface area contributed by atoms with E-state index in [1.165, 1.54) is 0 Å². The second-order valence-electron chi connectivity index (χ2n) is 3.51. The second kappa shape index (κ2) is 3.85. The molecule has 3 heteroatoms. The Morgan fingerprint density at radius 2 is 2.27 bits per heavy atom. The van der Waals surface area contributed by atoms with Crippen LogP contribution in [0.15, 0.2) is 23.2 Å². The number of aliphatic imine (C=N–C) groups is 1. The van der Waals surface area contributed by atoms with E-state index in [1.807, 2.05) is 13.0 Å². The van der Waals surface area contributed by atoms with E-state index in [1.54, 1.807) is 19.2 Å². The van der Waals surface area contributed by atoms with Gasteiger partial charge in [0.15, 0.2) is 5.78 Å². The molecule has 78 valence electrons. The van der Waals surface area contributed by atoms with Crippen molar-refractivity contribution >= 4 is 17.2 Å². The molecule has 0 N–H and O–H groups in total. The quantitative estimate of drug-likeness (QED) is 0.741. The van der Waals surface area contributed by atoms with Gasteiger partial charge in [-0.05, 0) is 18.6 Å². The molecule has 1 aromatic carbocycles. The van der Waals surface area contributed by atoms with Gasteiger partial charge >= 0.3 is 0 Å². The predicted octanol–water partition coefficient (Wildman–Crippen LogP) is 2.76. The average molecular weight is 203 g/mol. The molecule has 0 saturated carbocycles. The van der Waals surface area contributed by atoms with Crippen molar-refractivity contribution in [2.75, 3.05) is 7.11 Å². The highest BCUT2D eigenvalue weighted by Crippen LogP contribution is 2.30. The summed E-state index contributed by atoms with van der Waals surface area (Å²) in [5, 5.41) is 0. The molecule has 0 unspecified atom stereocenters. The first-order valence-electron chi connectivity index (χ1n) is 5.02. The van der Waals surface area contributed by atoms with Crippen molar-refractivity contribution in [3.05, 3.63) is 23.8 Å². The van der Waals surface area contributed by atoms with Crippen molar-refractivity contribution in [3.8, 4) is 5.75 Å². The zero-order chi connectivity index (χ0) is 10.8. The SMILES string of the molecule is CCC1=Nc2cc(OC)ccc2C(=O)C1. The highest BCUT2D eigenvalue weighted by Gasteiger charge is 2.19. The van der Waals surface area contributed by atoms with Crippen molar-refractivity contribution < 1.29 is 9.53 Å². The molecular weight excluding hydrogens is 190 g/mol. The summed E-state index contributed by atoms with van der Waals surface area (Å²) in [4.78, 5) is 16.2. The summed E-state index contributed by atoms with van der Waals surface area (Å²) in [7, 11) is 1.61. The Bertz CT molecular complexity index is 435. The van der Waals surface area contributed by atoms with E-state index < -0.39 is 0 Å². The summed E-state index contributed by atoms with van der Waals surface area (Å²) in [5.41, 5.74) is 2.39. The number of carbonyl (C=O) groups excluding carboxylic acids is 1. The van der Waals surface area contributed by atoms with E-state index in [0.717, 1.165) is 23.6 Å². The molecule has 1 aliphatic rings. The van der Waals surface area contributed by atoms with Gasteiger partial charge in [-0.15, -0.1) is 0 Å². The molecule has 2 rings (SSSR count). The monoisotopic (exact) mass is 203 g/mol. The molecule has 0 aliphatic carbocycles. The van der Waals surface area contributed by atoms with Crippen molar-refractivity contribution in [1.29, 1.82) is 0 Å². The molecule has 0 saturated heterocycles. The number of benzene rings is 1. The number of nitrogens with zero attached hydrogens (tertiary/aromatic N) is 1. The lowest BCUT2D eigenvalue weighted by atomic mass is 9.99. The largest absolute Gasteiger partial charge is 0.497 e. The molecule has 0 spiro atoms. The number of ketones is 1. The van der Waals surface area contributed by atoms with Gasteiger partial charge in [0.25, 0.3) is 0 Å². The summed E-state index contributed by atoms with van der Waals surface area (Å²) in [5.74, 6) is 0.891. The van der Waals surface area contributed by atoms with Crippen molar-refractivity contribution in [1.82, 2.24) is 0 Å². The van der Waals surface area contributed by atoms with Crippen LogP contribution in [0.3, 0.4) is 0 Å². The van der Waals surface area contributed by atoms with Crippen LogP contribution in [0, 0.1) is 0 Å².